The first-order chi connectivity index (χ1) is 9.22. The fourth-order valence-electron chi connectivity index (χ4n) is 2.87. The van der Waals surface area contributed by atoms with E-state index in [-0.39, 0.29) is 6.42 Å². The van der Waals surface area contributed by atoms with Gasteiger partial charge in [-0.3, -0.25) is 9.69 Å². The summed E-state index contributed by atoms with van der Waals surface area (Å²) < 4.78 is 2.19. The second-order valence-corrected chi connectivity index (χ2v) is 5.12. The molecule has 1 N–H and O–H groups in total. The van der Waals surface area contributed by atoms with Gasteiger partial charge in [-0.15, -0.1) is 0 Å². The van der Waals surface area contributed by atoms with E-state index in [0.717, 1.165) is 38.3 Å². The van der Waals surface area contributed by atoms with E-state index in [1.54, 1.807) is 0 Å². The van der Waals surface area contributed by atoms with Gasteiger partial charge in [-0.05, 0) is 39.3 Å². The van der Waals surface area contributed by atoms with Crippen LogP contribution in [0, 0.1) is 0 Å². The van der Waals surface area contributed by atoms with E-state index in [0.29, 0.717) is 6.04 Å². The zero-order chi connectivity index (χ0) is 13.7. The van der Waals surface area contributed by atoms with Crippen LogP contribution in [-0.4, -0.2) is 38.6 Å². The van der Waals surface area contributed by atoms with Crippen molar-refractivity contribution in [3.05, 3.63) is 18.2 Å². The summed E-state index contributed by atoms with van der Waals surface area (Å²) in [5.41, 5.74) is 0. The van der Waals surface area contributed by atoms with Crippen molar-refractivity contribution < 1.29 is 9.90 Å². The van der Waals surface area contributed by atoms with Crippen LogP contribution in [0.4, 0.5) is 0 Å². The minimum atomic E-state index is -0.705. The Morgan fingerprint density at radius 1 is 1.53 bits per heavy atom. The second kappa shape index (κ2) is 6.70. The molecule has 0 bridgehead atoms. The van der Waals surface area contributed by atoms with Crippen LogP contribution in [0.1, 0.15) is 50.9 Å². The quantitative estimate of drug-likeness (QED) is 0.857. The highest BCUT2D eigenvalue weighted by Crippen LogP contribution is 2.30. The molecule has 1 aliphatic rings. The third-order valence-corrected chi connectivity index (χ3v) is 3.84. The highest BCUT2D eigenvalue weighted by atomic mass is 16.4. The van der Waals surface area contributed by atoms with E-state index < -0.39 is 5.97 Å². The molecular weight excluding hydrogens is 242 g/mol. The number of aryl methyl sites for hydroxylation is 1. The predicted octanol–water partition coefficient (Wildman–Crippen LogP) is 2.29. The summed E-state index contributed by atoms with van der Waals surface area (Å²) in [6.07, 6.45) is 8.43. The Hall–Kier alpha value is -1.36. The summed E-state index contributed by atoms with van der Waals surface area (Å²) in [6, 6.07) is 0.359. The molecule has 1 unspecified atom stereocenters. The molecule has 1 saturated heterocycles. The predicted molar refractivity (Wildman–Crippen MR) is 72.9 cm³/mol. The van der Waals surface area contributed by atoms with Gasteiger partial charge in [0.1, 0.15) is 5.82 Å². The van der Waals surface area contributed by atoms with Crippen molar-refractivity contribution in [2.24, 2.45) is 0 Å². The standard InChI is InChI=1S/C14H23N3O2/c1-2-16-11-8-15-14(16)12-6-3-4-9-17(12)10-5-7-13(18)19/h8,11-12H,2-7,9-10H2,1H3,(H,18,19). The first kappa shape index (κ1) is 14.1. The molecule has 0 aliphatic carbocycles. The average Bonchev–Trinajstić information content (AvgIpc) is 2.87. The van der Waals surface area contributed by atoms with Crippen molar-refractivity contribution in [1.82, 2.24) is 14.5 Å². The Balaban J connectivity index is 2.01. The van der Waals surface area contributed by atoms with Crippen molar-refractivity contribution in [3.8, 4) is 0 Å². The molecule has 0 amide bonds. The molecule has 1 aromatic heterocycles. The molecule has 106 valence electrons. The number of aromatic nitrogens is 2. The van der Waals surface area contributed by atoms with E-state index in [9.17, 15) is 4.79 Å². The maximum atomic E-state index is 10.6. The molecule has 1 fully saturated rings. The summed E-state index contributed by atoms with van der Waals surface area (Å²) in [4.78, 5) is 17.5. The second-order valence-electron chi connectivity index (χ2n) is 5.12. The van der Waals surface area contributed by atoms with Crippen molar-refractivity contribution in [1.29, 1.82) is 0 Å². The number of aliphatic carboxylic acids is 1. The van der Waals surface area contributed by atoms with Gasteiger partial charge in [0.15, 0.2) is 0 Å². The number of likely N-dealkylation sites (tertiary alicyclic amines) is 1. The van der Waals surface area contributed by atoms with Crippen LogP contribution in [0.15, 0.2) is 12.4 Å². The van der Waals surface area contributed by atoms with Crippen LogP contribution >= 0.6 is 0 Å². The number of hydrogen-bond acceptors (Lipinski definition) is 3. The minimum Gasteiger partial charge on any atom is -0.481 e. The zero-order valence-electron chi connectivity index (χ0n) is 11.6. The molecular formula is C14H23N3O2. The van der Waals surface area contributed by atoms with Crippen LogP contribution in [0.3, 0.4) is 0 Å². The van der Waals surface area contributed by atoms with Gasteiger partial charge in [-0.1, -0.05) is 6.42 Å². The summed E-state index contributed by atoms with van der Waals surface area (Å²) >= 11 is 0. The number of carboxylic acid groups (broad SMARTS) is 1. The number of nitrogens with zero attached hydrogens (tertiary/aromatic N) is 3. The first-order valence-electron chi connectivity index (χ1n) is 7.19. The lowest BCUT2D eigenvalue weighted by Crippen LogP contribution is -2.35. The maximum Gasteiger partial charge on any atom is 0.303 e. The third kappa shape index (κ3) is 3.56. The summed E-state index contributed by atoms with van der Waals surface area (Å²) in [5.74, 6) is 0.432. The monoisotopic (exact) mass is 265 g/mol. The molecule has 5 nitrogen and oxygen atoms in total. The van der Waals surface area contributed by atoms with Crippen LogP contribution in [0.2, 0.25) is 0 Å². The maximum absolute atomic E-state index is 10.6. The lowest BCUT2D eigenvalue weighted by molar-refractivity contribution is -0.137. The number of hydrogen-bond donors (Lipinski definition) is 1. The lowest BCUT2D eigenvalue weighted by Gasteiger charge is -2.35. The first-order valence-corrected chi connectivity index (χ1v) is 7.19. The van der Waals surface area contributed by atoms with Gasteiger partial charge < -0.3 is 9.67 Å². The van der Waals surface area contributed by atoms with Gasteiger partial charge in [-0.25, -0.2) is 4.98 Å². The largest absolute Gasteiger partial charge is 0.481 e. The van der Waals surface area contributed by atoms with E-state index in [4.69, 9.17) is 5.11 Å². The topological polar surface area (TPSA) is 58.4 Å². The molecule has 2 rings (SSSR count). The molecule has 5 heteroatoms. The fourth-order valence-corrected chi connectivity index (χ4v) is 2.87. The van der Waals surface area contributed by atoms with E-state index in [1.165, 1.54) is 12.8 Å². The molecule has 1 aromatic rings. The highest BCUT2D eigenvalue weighted by molar-refractivity contribution is 5.66. The normalized spacial score (nSPS) is 20.6. The Morgan fingerprint density at radius 3 is 3.11 bits per heavy atom. The molecule has 0 saturated carbocycles. The molecule has 1 atom stereocenters. The molecule has 0 radical (unpaired) electrons. The number of imidazole rings is 1. The zero-order valence-corrected chi connectivity index (χ0v) is 11.6. The minimum absolute atomic E-state index is 0.255. The lowest BCUT2D eigenvalue weighted by atomic mass is 10.0. The van der Waals surface area contributed by atoms with Crippen molar-refractivity contribution in [2.45, 2.75) is 51.6 Å². The van der Waals surface area contributed by atoms with Crippen LogP contribution in [0.5, 0.6) is 0 Å². The van der Waals surface area contributed by atoms with Crippen LogP contribution in [0.25, 0.3) is 0 Å². The fraction of sp³-hybridized carbons (Fsp3) is 0.714. The molecule has 2 heterocycles. The van der Waals surface area contributed by atoms with Crippen molar-refractivity contribution >= 4 is 5.97 Å². The van der Waals surface area contributed by atoms with Gasteiger partial charge >= 0.3 is 5.97 Å². The number of rotatable bonds is 6. The van der Waals surface area contributed by atoms with Crippen molar-refractivity contribution in [2.75, 3.05) is 13.1 Å². The van der Waals surface area contributed by atoms with Crippen LogP contribution < -0.4 is 0 Å². The average molecular weight is 265 g/mol. The van der Waals surface area contributed by atoms with E-state index in [2.05, 4.69) is 21.4 Å². The van der Waals surface area contributed by atoms with Gasteiger partial charge in [0.25, 0.3) is 0 Å². The summed E-state index contributed by atoms with van der Waals surface area (Å²) in [7, 11) is 0. The summed E-state index contributed by atoms with van der Waals surface area (Å²) in [5, 5.41) is 8.74. The summed E-state index contributed by atoms with van der Waals surface area (Å²) in [6.45, 7) is 4.98. The van der Waals surface area contributed by atoms with E-state index in [1.807, 2.05) is 12.4 Å². The Labute approximate surface area is 114 Å². The number of carboxylic acids is 1. The Kier molecular flexibility index (Phi) is 4.96. The Morgan fingerprint density at radius 2 is 2.37 bits per heavy atom. The molecule has 0 aromatic carbocycles. The number of piperidine rings is 1. The Bertz CT molecular complexity index is 417. The van der Waals surface area contributed by atoms with Gasteiger partial charge in [0.05, 0.1) is 6.04 Å². The smallest absolute Gasteiger partial charge is 0.303 e. The number of carbonyl (C=O) groups is 1. The molecule has 0 spiro atoms. The van der Waals surface area contributed by atoms with Gasteiger partial charge in [-0.2, -0.15) is 0 Å². The van der Waals surface area contributed by atoms with Crippen LogP contribution in [-0.2, 0) is 11.3 Å². The van der Waals surface area contributed by atoms with Crippen molar-refractivity contribution in [3.63, 3.8) is 0 Å². The highest BCUT2D eigenvalue weighted by Gasteiger charge is 2.26. The van der Waals surface area contributed by atoms with E-state index >= 15 is 0 Å². The third-order valence-electron chi connectivity index (χ3n) is 3.84. The molecule has 1 aliphatic heterocycles. The van der Waals surface area contributed by atoms with Gasteiger partial charge in [0.2, 0.25) is 0 Å². The van der Waals surface area contributed by atoms with Gasteiger partial charge in [0, 0.05) is 25.4 Å². The molecule has 19 heavy (non-hydrogen) atoms. The SMILES string of the molecule is CCn1ccnc1C1CCCCN1CCCC(=O)O.